The highest BCUT2D eigenvalue weighted by molar-refractivity contribution is 7.09. The summed E-state index contributed by atoms with van der Waals surface area (Å²) in [5.74, 6) is 2.05. The summed E-state index contributed by atoms with van der Waals surface area (Å²) in [4.78, 5) is 20.8. The quantitative estimate of drug-likeness (QED) is 0.671. The Labute approximate surface area is 165 Å². The molecule has 0 saturated carbocycles. The third-order valence-corrected chi connectivity index (χ3v) is 6.38. The number of carbonyl (C=O) groups excluding carboxylic acids is 1. The van der Waals surface area contributed by atoms with Crippen molar-refractivity contribution in [3.8, 4) is 17.2 Å². The molecule has 0 aliphatic carbocycles. The third kappa shape index (κ3) is 2.02. The fraction of sp³-hybridized carbons (Fsp3) is 0.238. The maximum Gasteiger partial charge on any atom is 0.246 e. The minimum atomic E-state index is -0.855. The van der Waals surface area contributed by atoms with Crippen LogP contribution in [0.25, 0.3) is 0 Å². The number of para-hydroxylation sites is 1. The number of amides is 1. The molecule has 0 saturated heterocycles. The standard InChI is InChI=1S/C21H16N2O4S/c24-20-21(11-27-17-8-19-18(7-15(17)21)25-5-6-26-19)14-3-1-2-4-16(14)23(20)10-13-9-22-12-28-13/h1-4,7-9,12H,5-6,10-11H2. The number of nitrogens with zero attached hydrogens (tertiary/aromatic N) is 2. The van der Waals surface area contributed by atoms with Crippen LogP contribution >= 0.6 is 11.3 Å². The van der Waals surface area contributed by atoms with Gasteiger partial charge in [-0.15, -0.1) is 11.3 Å². The highest BCUT2D eigenvalue weighted by Crippen LogP contribution is 2.55. The molecule has 1 aromatic heterocycles. The number of carbonyl (C=O) groups is 1. The molecule has 3 aromatic rings. The number of thiazole rings is 1. The number of hydrogen-bond acceptors (Lipinski definition) is 6. The summed E-state index contributed by atoms with van der Waals surface area (Å²) in [6.45, 7) is 1.80. The van der Waals surface area contributed by atoms with E-state index in [0.717, 1.165) is 21.7 Å². The van der Waals surface area contributed by atoms with E-state index in [1.165, 1.54) is 0 Å². The summed E-state index contributed by atoms with van der Waals surface area (Å²) in [5, 5.41) is 0. The smallest absolute Gasteiger partial charge is 0.246 e. The van der Waals surface area contributed by atoms with Gasteiger partial charge < -0.3 is 19.1 Å². The molecule has 7 heteroatoms. The van der Waals surface area contributed by atoms with Crippen LogP contribution in [0.15, 0.2) is 48.1 Å². The van der Waals surface area contributed by atoms with Gasteiger partial charge in [0.1, 0.15) is 31.0 Å². The van der Waals surface area contributed by atoms with E-state index in [-0.39, 0.29) is 12.5 Å². The molecule has 3 aliphatic rings. The zero-order valence-corrected chi connectivity index (χ0v) is 15.7. The first-order valence-corrected chi connectivity index (χ1v) is 10.0. The average Bonchev–Trinajstić information content (AvgIpc) is 3.43. The van der Waals surface area contributed by atoms with Crippen LogP contribution in [-0.2, 0) is 16.8 Å². The van der Waals surface area contributed by atoms with Crippen molar-refractivity contribution < 1.29 is 19.0 Å². The fourth-order valence-corrected chi connectivity index (χ4v) is 4.93. The highest BCUT2D eigenvalue weighted by Gasteiger charge is 2.57. The van der Waals surface area contributed by atoms with E-state index < -0.39 is 5.41 Å². The maximum atomic E-state index is 13.8. The van der Waals surface area contributed by atoms with Crippen LogP contribution in [0.3, 0.4) is 0 Å². The molecule has 1 unspecified atom stereocenters. The number of hydrogen-bond donors (Lipinski definition) is 0. The zero-order valence-electron chi connectivity index (χ0n) is 14.9. The van der Waals surface area contributed by atoms with Crippen molar-refractivity contribution >= 4 is 22.9 Å². The van der Waals surface area contributed by atoms with Crippen molar-refractivity contribution in [3.63, 3.8) is 0 Å². The summed E-state index contributed by atoms with van der Waals surface area (Å²) in [7, 11) is 0. The molecule has 4 heterocycles. The van der Waals surface area contributed by atoms with Gasteiger partial charge in [0, 0.05) is 28.4 Å². The lowest BCUT2D eigenvalue weighted by Crippen LogP contribution is -2.42. The number of rotatable bonds is 2. The molecule has 0 bridgehead atoms. The molecule has 0 N–H and O–H groups in total. The van der Waals surface area contributed by atoms with Gasteiger partial charge in [0.25, 0.3) is 0 Å². The van der Waals surface area contributed by atoms with E-state index in [1.807, 2.05) is 47.5 Å². The number of benzene rings is 2. The van der Waals surface area contributed by atoms with E-state index in [2.05, 4.69) is 4.98 Å². The lowest BCUT2D eigenvalue weighted by atomic mass is 9.77. The topological polar surface area (TPSA) is 60.9 Å². The van der Waals surface area contributed by atoms with E-state index in [9.17, 15) is 4.79 Å². The van der Waals surface area contributed by atoms with E-state index in [4.69, 9.17) is 14.2 Å². The second-order valence-electron chi connectivity index (χ2n) is 7.06. The average molecular weight is 392 g/mol. The minimum Gasteiger partial charge on any atom is -0.491 e. The first-order valence-electron chi connectivity index (χ1n) is 9.13. The molecule has 2 aromatic carbocycles. The van der Waals surface area contributed by atoms with Crippen molar-refractivity contribution in [3.05, 3.63) is 64.1 Å². The summed E-state index contributed by atoms with van der Waals surface area (Å²) < 4.78 is 17.5. The van der Waals surface area contributed by atoms with Gasteiger partial charge in [-0.05, 0) is 17.7 Å². The van der Waals surface area contributed by atoms with Gasteiger partial charge in [0.15, 0.2) is 11.5 Å². The molecule has 6 rings (SSSR count). The molecule has 1 spiro atoms. The lowest BCUT2D eigenvalue weighted by molar-refractivity contribution is -0.122. The van der Waals surface area contributed by atoms with Gasteiger partial charge in [-0.3, -0.25) is 9.78 Å². The van der Waals surface area contributed by atoms with Crippen LogP contribution in [0.4, 0.5) is 5.69 Å². The molecule has 1 amide bonds. The Balaban J connectivity index is 1.52. The molecule has 0 fully saturated rings. The van der Waals surface area contributed by atoms with Crippen LogP contribution in [0.1, 0.15) is 16.0 Å². The number of fused-ring (bicyclic) bond motifs is 5. The Kier molecular flexibility index (Phi) is 3.26. The van der Waals surface area contributed by atoms with Crippen molar-refractivity contribution in [2.75, 3.05) is 24.7 Å². The highest BCUT2D eigenvalue weighted by atomic mass is 32.1. The van der Waals surface area contributed by atoms with Gasteiger partial charge in [0.05, 0.1) is 12.1 Å². The Morgan fingerprint density at radius 3 is 2.68 bits per heavy atom. The fourth-order valence-electron chi connectivity index (χ4n) is 4.34. The molecule has 6 nitrogen and oxygen atoms in total. The molecule has 140 valence electrons. The monoisotopic (exact) mass is 392 g/mol. The zero-order chi connectivity index (χ0) is 18.7. The van der Waals surface area contributed by atoms with Gasteiger partial charge in [0.2, 0.25) is 5.91 Å². The van der Waals surface area contributed by atoms with Crippen LogP contribution in [-0.4, -0.2) is 30.7 Å². The Bertz CT molecular complexity index is 1100. The van der Waals surface area contributed by atoms with Crippen molar-refractivity contribution in [2.24, 2.45) is 0 Å². The molecule has 0 radical (unpaired) electrons. The second-order valence-corrected chi connectivity index (χ2v) is 8.03. The van der Waals surface area contributed by atoms with Crippen molar-refractivity contribution in [2.45, 2.75) is 12.0 Å². The summed E-state index contributed by atoms with van der Waals surface area (Å²) >= 11 is 1.55. The van der Waals surface area contributed by atoms with E-state index in [1.54, 1.807) is 16.8 Å². The van der Waals surface area contributed by atoms with Gasteiger partial charge in [-0.1, -0.05) is 18.2 Å². The van der Waals surface area contributed by atoms with Gasteiger partial charge in [-0.25, -0.2) is 0 Å². The minimum absolute atomic E-state index is 0.0255. The maximum absolute atomic E-state index is 13.8. The first kappa shape index (κ1) is 15.9. The predicted molar refractivity (Wildman–Crippen MR) is 103 cm³/mol. The number of anilines is 1. The Morgan fingerprint density at radius 1 is 1.04 bits per heavy atom. The molecule has 1 atom stereocenters. The normalized spacial score (nSPS) is 21.6. The molecular formula is C21H16N2O4S. The largest absolute Gasteiger partial charge is 0.491 e. The summed E-state index contributed by atoms with van der Waals surface area (Å²) in [5.41, 5.74) is 3.68. The van der Waals surface area contributed by atoms with Crippen molar-refractivity contribution in [1.29, 1.82) is 0 Å². The third-order valence-electron chi connectivity index (χ3n) is 5.61. The van der Waals surface area contributed by atoms with Gasteiger partial charge >= 0.3 is 0 Å². The van der Waals surface area contributed by atoms with Crippen LogP contribution < -0.4 is 19.1 Å². The SMILES string of the molecule is O=C1N(Cc2cncs2)c2ccccc2C12COc1cc3c(cc12)OCCO3. The molecule has 3 aliphatic heterocycles. The number of ether oxygens (including phenoxy) is 3. The Hall–Kier alpha value is -3.06. The van der Waals surface area contributed by atoms with Crippen LogP contribution in [0.2, 0.25) is 0 Å². The summed E-state index contributed by atoms with van der Waals surface area (Å²) in [6, 6.07) is 11.7. The Morgan fingerprint density at radius 2 is 1.86 bits per heavy atom. The van der Waals surface area contributed by atoms with E-state index >= 15 is 0 Å². The second kappa shape index (κ2) is 5.72. The van der Waals surface area contributed by atoms with Crippen molar-refractivity contribution in [1.82, 2.24) is 4.98 Å². The number of aromatic nitrogens is 1. The van der Waals surface area contributed by atoms with Gasteiger partial charge in [-0.2, -0.15) is 0 Å². The molecular weight excluding hydrogens is 376 g/mol. The lowest BCUT2D eigenvalue weighted by Gasteiger charge is -2.24. The van der Waals surface area contributed by atoms with Crippen LogP contribution in [0.5, 0.6) is 17.2 Å². The predicted octanol–water partition coefficient (Wildman–Crippen LogP) is 3.14. The summed E-state index contributed by atoms with van der Waals surface area (Å²) in [6.07, 6.45) is 1.81. The van der Waals surface area contributed by atoms with E-state index in [0.29, 0.717) is 37.0 Å². The van der Waals surface area contributed by atoms with Crippen LogP contribution in [0, 0.1) is 0 Å². The first-order chi connectivity index (χ1) is 13.8. The molecule has 28 heavy (non-hydrogen) atoms.